The molecule has 0 radical (unpaired) electrons. The van der Waals surface area contributed by atoms with E-state index in [1.807, 2.05) is 54.6 Å². The fourth-order valence-electron chi connectivity index (χ4n) is 3.96. The molecule has 3 atom stereocenters. The van der Waals surface area contributed by atoms with Crippen molar-refractivity contribution in [2.75, 3.05) is 13.2 Å². The summed E-state index contributed by atoms with van der Waals surface area (Å²) in [4.78, 5) is 37.8. The largest absolute Gasteiger partial charge is 0.493 e. The van der Waals surface area contributed by atoms with Crippen molar-refractivity contribution in [1.29, 1.82) is 0 Å². The first-order valence-electron chi connectivity index (χ1n) is 13.4. The summed E-state index contributed by atoms with van der Waals surface area (Å²) in [6.07, 6.45) is 0.860. The zero-order valence-electron chi connectivity index (χ0n) is 23.5. The zero-order chi connectivity index (χ0) is 28.1. The summed E-state index contributed by atoms with van der Waals surface area (Å²) in [6, 6.07) is 18.0. The molecule has 208 valence electrons. The van der Waals surface area contributed by atoms with Crippen LogP contribution in [0.15, 0.2) is 54.6 Å². The van der Waals surface area contributed by atoms with Gasteiger partial charge in [0.2, 0.25) is 0 Å². The van der Waals surface area contributed by atoms with Crippen molar-refractivity contribution in [2.45, 2.75) is 73.0 Å². The second-order valence-corrected chi connectivity index (χ2v) is 10.1. The van der Waals surface area contributed by atoms with Crippen LogP contribution in [0.4, 0.5) is 0 Å². The van der Waals surface area contributed by atoms with Crippen molar-refractivity contribution in [3.05, 3.63) is 54.6 Å². The number of para-hydroxylation sites is 1. The van der Waals surface area contributed by atoms with Gasteiger partial charge in [-0.25, -0.2) is 0 Å². The van der Waals surface area contributed by atoms with Crippen LogP contribution < -0.4 is 4.74 Å². The SMILES string of the molecule is CC(C)OC(=O)C(C)C(CC(C)C(=O)OCCCCOc1ccccc1-c1ccccc1)C(=O)OC(C)C. The van der Waals surface area contributed by atoms with Crippen LogP contribution in [0.1, 0.15) is 60.8 Å². The lowest BCUT2D eigenvalue weighted by Gasteiger charge is -2.25. The Balaban J connectivity index is 1.82. The third kappa shape index (κ3) is 10.2. The first-order valence-corrected chi connectivity index (χ1v) is 13.4. The van der Waals surface area contributed by atoms with Crippen LogP contribution in [0.2, 0.25) is 0 Å². The standard InChI is InChI=1S/C31H42O7/c1-21(2)37-30(33)24(6)27(31(34)38-22(3)4)20-23(5)29(32)36-19-13-12-18-35-28-17-11-10-16-26(28)25-14-8-7-9-15-25/h7-11,14-17,21-24,27H,12-13,18-20H2,1-6H3. The highest BCUT2D eigenvalue weighted by Crippen LogP contribution is 2.30. The first kappa shape index (κ1) is 30.9. The van der Waals surface area contributed by atoms with Crippen LogP contribution in [-0.4, -0.2) is 43.3 Å². The molecule has 0 saturated heterocycles. The maximum atomic E-state index is 12.7. The van der Waals surface area contributed by atoms with Gasteiger partial charge < -0.3 is 18.9 Å². The van der Waals surface area contributed by atoms with Crippen molar-refractivity contribution >= 4 is 17.9 Å². The van der Waals surface area contributed by atoms with Crippen LogP contribution in [0.25, 0.3) is 11.1 Å². The maximum Gasteiger partial charge on any atom is 0.310 e. The van der Waals surface area contributed by atoms with Crippen molar-refractivity contribution < 1.29 is 33.3 Å². The van der Waals surface area contributed by atoms with E-state index in [2.05, 4.69) is 0 Å². The van der Waals surface area contributed by atoms with Crippen molar-refractivity contribution in [3.63, 3.8) is 0 Å². The van der Waals surface area contributed by atoms with Crippen LogP contribution >= 0.6 is 0 Å². The van der Waals surface area contributed by atoms with Gasteiger partial charge in [-0.15, -0.1) is 0 Å². The van der Waals surface area contributed by atoms with E-state index in [9.17, 15) is 14.4 Å². The molecule has 0 fully saturated rings. The number of carbonyl (C=O) groups is 3. The molecule has 2 aromatic rings. The van der Waals surface area contributed by atoms with E-state index >= 15 is 0 Å². The number of rotatable bonds is 15. The summed E-state index contributed by atoms with van der Waals surface area (Å²) in [5.41, 5.74) is 2.12. The lowest BCUT2D eigenvalue weighted by molar-refractivity contribution is -0.166. The first-order chi connectivity index (χ1) is 18.1. The van der Waals surface area contributed by atoms with Gasteiger partial charge in [-0.05, 0) is 58.6 Å². The Hall–Kier alpha value is -3.35. The average Bonchev–Trinajstić information content (AvgIpc) is 2.88. The maximum absolute atomic E-state index is 12.7. The lowest BCUT2D eigenvalue weighted by Crippen LogP contribution is -2.35. The molecule has 0 saturated carbocycles. The topological polar surface area (TPSA) is 88.1 Å². The Morgan fingerprint density at radius 1 is 0.684 bits per heavy atom. The van der Waals surface area contributed by atoms with Gasteiger partial charge in [-0.2, -0.15) is 0 Å². The molecule has 3 unspecified atom stereocenters. The number of unbranched alkanes of at least 4 members (excludes halogenated alkanes) is 1. The number of benzene rings is 2. The Kier molecular flexibility index (Phi) is 12.8. The average molecular weight is 527 g/mol. The summed E-state index contributed by atoms with van der Waals surface area (Å²) in [7, 11) is 0. The summed E-state index contributed by atoms with van der Waals surface area (Å²) in [5.74, 6) is -2.72. The summed E-state index contributed by atoms with van der Waals surface area (Å²) < 4.78 is 22.1. The van der Waals surface area contributed by atoms with Crippen molar-refractivity contribution in [2.24, 2.45) is 17.8 Å². The zero-order valence-corrected chi connectivity index (χ0v) is 23.5. The van der Waals surface area contributed by atoms with Gasteiger partial charge in [0.05, 0.1) is 43.2 Å². The highest BCUT2D eigenvalue weighted by atomic mass is 16.6. The fourth-order valence-corrected chi connectivity index (χ4v) is 3.96. The minimum absolute atomic E-state index is 0.137. The van der Waals surface area contributed by atoms with Gasteiger partial charge in [0.1, 0.15) is 5.75 Å². The van der Waals surface area contributed by atoms with E-state index in [4.69, 9.17) is 18.9 Å². The summed E-state index contributed by atoms with van der Waals surface area (Å²) in [6.45, 7) is 11.1. The Morgan fingerprint density at radius 3 is 1.92 bits per heavy atom. The number of hydrogen-bond donors (Lipinski definition) is 0. The van der Waals surface area contributed by atoms with Crippen LogP contribution in [0.5, 0.6) is 5.75 Å². The molecule has 0 aliphatic heterocycles. The molecule has 7 heteroatoms. The van der Waals surface area contributed by atoms with Crippen molar-refractivity contribution in [3.8, 4) is 16.9 Å². The monoisotopic (exact) mass is 526 g/mol. The third-order valence-electron chi connectivity index (χ3n) is 6.00. The van der Waals surface area contributed by atoms with E-state index in [1.165, 1.54) is 0 Å². The Bertz CT molecular complexity index is 1020. The number of hydrogen-bond acceptors (Lipinski definition) is 7. The molecule has 2 rings (SSSR count). The van der Waals surface area contributed by atoms with E-state index < -0.39 is 35.7 Å². The predicted molar refractivity (Wildman–Crippen MR) is 146 cm³/mol. The van der Waals surface area contributed by atoms with E-state index in [0.717, 1.165) is 16.9 Å². The smallest absolute Gasteiger partial charge is 0.310 e. The summed E-state index contributed by atoms with van der Waals surface area (Å²) in [5, 5.41) is 0. The molecule has 0 amide bonds. The minimum atomic E-state index is -0.802. The molecule has 0 heterocycles. The fraction of sp³-hybridized carbons (Fsp3) is 0.516. The minimum Gasteiger partial charge on any atom is -0.493 e. The second-order valence-electron chi connectivity index (χ2n) is 10.1. The predicted octanol–water partition coefficient (Wildman–Crippen LogP) is 6.24. The van der Waals surface area contributed by atoms with Crippen molar-refractivity contribution in [1.82, 2.24) is 0 Å². The van der Waals surface area contributed by atoms with Gasteiger partial charge in [0.25, 0.3) is 0 Å². The molecule has 0 bridgehead atoms. The van der Waals surface area contributed by atoms with Gasteiger partial charge in [-0.3, -0.25) is 14.4 Å². The summed E-state index contributed by atoms with van der Waals surface area (Å²) >= 11 is 0. The van der Waals surface area contributed by atoms with E-state index in [-0.39, 0.29) is 25.2 Å². The van der Waals surface area contributed by atoms with E-state index in [0.29, 0.717) is 19.4 Å². The second kappa shape index (κ2) is 15.8. The molecule has 0 aliphatic rings. The number of carbonyl (C=O) groups excluding carboxylic acids is 3. The van der Waals surface area contributed by atoms with Crippen LogP contribution in [0.3, 0.4) is 0 Å². The van der Waals surface area contributed by atoms with Crippen LogP contribution in [-0.2, 0) is 28.6 Å². The van der Waals surface area contributed by atoms with Crippen LogP contribution in [0, 0.1) is 17.8 Å². The molecule has 0 spiro atoms. The quantitative estimate of drug-likeness (QED) is 0.154. The molecule has 0 aliphatic carbocycles. The highest BCUT2D eigenvalue weighted by molar-refractivity contribution is 5.83. The number of esters is 3. The van der Waals surface area contributed by atoms with E-state index in [1.54, 1.807) is 41.5 Å². The number of ether oxygens (including phenoxy) is 4. The molecular weight excluding hydrogens is 484 g/mol. The molecule has 38 heavy (non-hydrogen) atoms. The van der Waals surface area contributed by atoms with Gasteiger partial charge in [-0.1, -0.05) is 62.4 Å². The molecule has 0 N–H and O–H groups in total. The lowest BCUT2D eigenvalue weighted by atomic mass is 9.85. The Morgan fingerprint density at radius 2 is 1.26 bits per heavy atom. The van der Waals surface area contributed by atoms with Gasteiger partial charge in [0.15, 0.2) is 0 Å². The highest BCUT2D eigenvalue weighted by Gasteiger charge is 2.36. The molecular formula is C31H42O7. The van der Waals surface area contributed by atoms with Gasteiger partial charge in [0, 0.05) is 5.56 Å². The van der Waals surface area contributed by atoms with Gasteiger partial charge >= 0.3 is 17.9 Å². The Labute approximate surface area is 226 Å². The molecule has 2 aromatic carbocycles. The molecule has 7 nitrogen and oxygen atoms in total. The third-order valence-corrected chi connectivity index (χ3v) is 6.00. The normalized spacial score (nSPS) is 13.5. The molecule has 0 aromatic heterocycles.